The number of rotatable bonds is 1. The summed E-state index contributed by atoms with van der Waals surface area (Å²) >= 11 is 0.314. The lowest BCUT2D eigenvalue weighted by atomic mass is 10.3. The zero-order valence-corrected chi connectivity index (χ0v) is 5.58. The van der Waals surface area contributed by atoms with Gasteiger partial charge in [0.1, 0.15) is 5.44 Å². The highest BCUT2D eigenvalue weighted by molar-refractivity contribution is 7.94. The highest BCUT2D eigenvalue weighted by Crippen LogP contribution is 2.27. The fraction of sp³-hybridized carbons (Fsp3) is 1.00. The SMILES string of the molecule is CC1CCC(SF)O1. The van der Waals surface area contributed by atoms with Crippen LogP contribution in [0.5, 0.6) is 0 Å². The molecule has 0 bridgehead atoms. The van der Waals surface area contributed by atoms with Crippen LogP contribution in [0.15, 0.2) is 0 Å². The fourth-order valence-electron chi connectivity index (χ4n) is 0.832. The number of hydrogen-bond donors (Lipinski definition) is 0. The molecule has 0 spiro atoms. The van der Waals surface area contributed by atoms with Crippen LogP contribution in [0.4, 0.5) is 3.89 Å². The third-order valence-electron chi connectivity index (χ3n) is 1.29. The summed E-state index contributed by atoms with van der Waals surface area (Å²) in [6, 6.07) is 0. The second kappa shape index (κ2) is 2.69. The van der Waals surface area contributed by atoms with Gasteiger partial charge in [0.15, 0.2) is 0 Å². The standard InChI is InChI=1S/C5H9FOS/c1-4-2-3-5(7-4)8-6/h4-5H,2-3H2,1H3. The van der Waals surface area contributed by atoms with Crippen LogP contribution in [0.3, 0.4) is 0 Å². The van der Waals surface area contributed by atoms with Crippen molar-refractivity contribution in [2.75, 3.05) is 0 Å². The average molecular weight is 136 g/mol. The summed E-state index contributed by atoms with van der Waals surface area (Å²) < 4.78 is 16.8. The topological polar surface area (TPSA) is 9.23 Å². The maximum absolute atomic E-state index is 11.7. The van der Waals surface area contributed by atoms with E-state index in [-0.39, 0.29) is 11.5 Å². The molecule has 1 heterocycles. The zero-order chi connectivity index (χ0) is 5.98. The Labute approximate surface area is 52.9 Å². The second-order valence-corrected chi connectivity index (χ2v) is 2.75. The summed E-state index contributed by atoms with van der Waals surface area (Å²) in [5.41, 5.74) is -0.176. The molecule has 1 nitrogen and oxygen atoms in total. The fourth-order valence-corrected chi connectivity index (χ4v) is 1.29. The monoisotopic (exact) mass is 136 g/mol. The lowest BCUT2D eigenvalue weighted by Crippen LogP contribution is -2.01. The van der Waals surface area contributed by atoms with Crippen LogP contribution in [0, 0.1) is 0 Å². The predicted molar refractivity (Wildman–Crippen MR) is 32.3 cm³/mol. The molecule has 0 radical (unpaired) electrons. The molecular weight excluding hydrogens is 127 g/mol. The molecule has 48 valence electrons. The van der Waals surface area contributed by atoms with Gasteiger partial charge in [-0.3, -0.25) is 0 Å². The van der Waals surface area contributed by atoms with E-state index in [1.165, 1.54) is 0 Å². The first-order valence-corrected chi connectivity index (χ1v) is 3.54. The van der Waals surface area contributed by atoms with Gasteiger partial charge in [-0.25, -0.2) is 0 Å². The highest BCUT2D eigenvalue weighted by Gasteiger charge is 2.21. The maximum Gasteiger partial charge on any atom is 0.134 e. The van der Waals surface area contributed by atoms with Crippen molar-refractivity contribution in [2.45, 2.75) is 31.3 Å². The number of halogens is 1. The van der Waals surface area contributed by atoms with Crippen molar-refractivity contribution in [1.29, 1.82) is 0 Å². The van der Waals surface area contributed by atoms with Crippen molar-refractivity contribution in [3.05, 3.63) is 0 Å². The Morgan fingerprint density at radius 1 is 1.62 bits per heavy atom. The Kier molecular flexibility index (Phi) is 2.14. The van der Waals surface area contributed by atoms with E-state index in [1.54, 1.807) is 0 Å². The Bertz CT molecular complexity index is 78.8. The lowest BCUT2D eigenvalue weighted by molar-refractivity contribution is 0.104. The molecule has 1 aliphatic heterocycles. The largest absolute Gasteiger partial charge is 0.362 e. The molecule has 0 aromatic heterocycles. The first-order valence-electron chi connectivity index (χ1n) is 2.76. The van der Waals surface area contributed by atoms with Gasteiger partial charge in [0.2, 0.25) is 0 Å². The molecule has 1 aliphatic rings. The first-order chi connectivity index (χ1) is 3.83. The minimum atomic E-state index is -0.176. The Morgan fingerprint density at radius 2 is 2.38 bits per heavy atom. The molecule has 1 rings (SSSR count). The van der Waals surface area contributed by atoms with E-state index in [9.17, 15) is 3.89 Å². The van der Waals surface area contributed by atoms with E-state index in [0.29, 0.717) is 12.1 Å². The van der Waals surface area contributed by atoms with E-state index < -0.39 is 0 Å². The highest BCUT2D eigenvalue weighted by atomic mass is 32.2. The maximum atomic E-state index is 11.7. The van der Waals surface area contributed by atoms with Crippen LogP contribution >= 0.6 is 12.1 Å². The Morgan fingerprint density at radius 3 is 2.62 bits per heavy atom. The number of hydrogen-bond acceptors (Lipinski definition) is 2. The molecular formula is C5H9FOS. The van der Waals surface area contributed by atoms with Crippen molar-refractivity contribution >= 4 is 12.1 Å². The molecule has 1 fully saturated rings. The van der Waals surface area contributed by atoms with Crippen LogP contribution in [0.25, 0.3) is 0 Å². The summed E-state index contributed by atoms with van der Waals surface area (Å²) in [5, 5.41) is 0. The summed E-state index contributed by atoms with van der Waals surface area (Å²) in [6.07, 6.45) is 2.13. The van der Waals surface area contributed by atoms with Gasteiger partial charge in [-0.2, -0.15) is 3.89 Å². The number of ether oxygens (including phenoxy) is 1. The van der Waals surface area contributed by atoms with Gasteiger partial charge in [-0.05, 0) is 19.8 Å². The van der Waals surface area contributed by atoms with Crippen molar-refractivity contribution < 1.29 is 8.62 Å². The van der Waals surface area contributed by atoms with Crippen molar-refractivity contribution in [3.8, 4) is 0 Å². The summed E-state index contributed by atoms with van der Waals surface area (Å²) in [6.45, 7) is 1.97. The zero-order valence-electron chi connectivity index (χ0n) is 4.76. The van der Waals surface area contributed by atoms with Crippen LogP contribution in [-0.2, 0) is 4.74 Å². The molecule has 0 aliphatic carbocycles. The van der Waals surface area contributed by atoms with E-state index in [0.717, 1.165) is 12.8 Å². The molecule has 0 N–H and O–H groups in total. The molecule has 2 unspecified atom stereocenters. The van der Waals surface area contributed by atoms with Gasteiger partial charge in [0, 0.05) is 0 Å². The smallest absolute Gasteiger partial charge is 0.134 e. The molecule has 0 saturated carbocycles. The summed E-state index contributed by atoms with van der Waals surface area (Å²) in [7, 11) is 0. The van der Waals surface area contributed by atoms with E-state index in [4.69, 9.17) is 4.74 Å². The van der Waals surface area contributed by atoms with Crippen molar-refractivity contribution in [2.24, 2.45) is 0 Å². The van der Waals surface area contributed by atoms with Crippen molar-refractivity contribution in [3.63, 3.8) is 0 Å². The van der Waals surface area contributed by atoms with Crippen LogP contribution in [0.1, 0.15) is 19.8 Å². The van der Waals surface area contributed by atoms with E-state index in [1.807, 2.05) is 6.92 Å². The summed E-state index contributed by atoms with van der Waals surface area (Å²) in [5.74, 6) is 0. The molecule has 8 heavy (non-hydrogen) atoms. The minimum absolute atomic E-state index is 0.176. The van der Waals surface area contributed by atoms with E-state index in [2.05, 4.69) is 0 Å². The van der Waals surface area contributed by atoms with Crippen molar-refractivity contribution in [1.82, 2.24) is 0 Å². The lowest BCUT2D eigenvalue weighted by Gasteiger charge is -2.02. The Hall–Kier alpha value is 0.240. The van der Waals surface area contributed by atoms with Gasteiger partial charge >= 0.3 is 0 Å². The van der Waals surface area contributed by atoms with Crippen LogP contribution < -0.4 is 0 Å². The quantitative estimate of drug-likeness (QED) is 0.546. The third kappa shape index (κ3) is 1.36. The van der Waals surface area contributed by atoms with Gasteiger partial charge < -0.3 is 4.74 Å². The average Bonchev–Trinajstić information content (AvgIpc) is 2.14. The molecule has 1 saturated heterocycles. The molecule has 0 amide bonds. The Balaban J connectivity index is 2.22. The normalized spacial score (nSPS) is 38.2. The van der Waals surface area contributed by atoms with Gasteiger partial charge in [-0.1, -0.05) is 0 Å². The minimum Gasteiger partial charge on any atom is -0.362 e. The van der Waals surface area contributed by atoms with Crippen LogP contribution in [-0.4, -0.2) is 11.5 Å². The van der Waals surface area contributed by atoms with Gasteiger partial charge in [0.05, 0.1) is 18.3 Å². The van der Waals surface area contributed by atoms with E-state index >= 15 is 0 Å². The third-order valence-corrected chi connectivity index (χ3v) is 1.84. The second-order valence-electron chi connectivity index (χ2n) is 2.04. The summed E-state index contributed by atoms with van der Waals surface area (Å²) in [4.78, 5) is 0. The molecule has 3 heteroatoms. The van der Waals surface area contributed by atoms with Crippen LogP contribution in [0.2, 0.25) is 0 Å². The van der Waals surface area contributed by atoms with Gasteiger partial charge in [-0.15, -0.1) is 0 Å². The molecule has 0 aromatic rings. The predicted octanol–water partition coefficient (Wildman–Crippen LogP) is 2.13. The molecule has 0 aromatic carbocycles. The van der Waals surface area contributed by atoms with Gasteiger partial charge in [0.25, 0.3) is 0 Å². The first kappa shape index (κ1) is 6.36. The molecule has 2 atom stereocenters.